The van der Waals surface area contributed by atoms with Gasteiger partial charge < -0.3 is 4.74 Å². The standard InChI is InChI=1S/C18H21NO2/c1-2-8-16(9-3-1)20-18-12-6-7-15(13-18)14-19-21-17-10-4-5-11-17/h1-3,6-9,12-13,17,19H,4-5,10-11,14H2. The van der Waals surface area contributed by atoms with Crippen molar-refractivity contribution in [1.29, 1.82) is 0 Å². The Bertz CT molecular complexity index is 550. The van der Waals surface area contributed by atoms with E-state index in [0.29, 0.717) is 12.6 Å². The third kappa shape index (κ3) is 4.31. The number of nitrogens with one attached hydrogen (secondary N) is 1. The van der Waals surface area contributed by atoms with Crippen LogP contribution in [0.5, 0.6) is 11.5 Å². The van der Waals surface area contributed by atoms with Gasteiger partial charge in [-0.1, -0.05) is 43.2 Å². The van der Waals surface area contributed by atoms with Crippen LogP contribution in [0.1, 0.15) is 31.2 Å². The van der Waals surface area contributed by atoms with Crippen molar-refractivity contribution in [3.63, 3.8) is 0 Å². The summed E-state index contributed by atoms with van der Waals surface area (Å²) in [5.41, 5.74) is 4.23. The van der Waals surface area contributed by atoms with Gasteiger partial charge in [0.1, 0.15) is 11.5 Å². The molecule has 3 heteroatoms. The highest BCUT2D eigenvalue weighted by Crippen LogP contribution is 2.22. The Morgan fingerprint density at radius 2 is 1.67 bits per heavy atom. The summed E-state index contributed by atoms with van der Waals surface area (Å²) in [6, 6.07) is 17.9. The molecular weight excluding hydrogens is 262 g/mol. The second kappa shape index (κ2) is 7.25. The summed E-state index contributed by atoms with van der Waals surface area (Å²) in [6.45, 7) is 0.697. The summed E-state index contributed by atoms with van der Waals surface area (Å²) in [6.07, 6.45) is 5.29. The predicted octanol–water partition coefficient (Wildman–Crippen LogP) is 4.44. The fourth-order valence-electron chi connectivity index (χ4n) is 2.59. The van der Waals surface area contributed by atoms with Crippen LogP contribution in [0.3, 0.4) is 0 Å². The molecule has 1 aliphatic carbocycles. The molecule has 0 atom stereocenters. The van der Waals surface area contributed by atoms with Gasteiger partial charge in [0, 0.05) is 6.54 Å². The molecule has 0 spiro atoms. The summed E-state index contributed by atoms with van der Waals surface area (Å²) < 4.78 is 5.83. The minimum atomic E-state index is 0.383. The molecule has 1 saturated carbocycles. The van der Waals surface area contributed by atoms with E-state index in [0.717, 1.165) is 17.1 Å². The van der Waals surface area contributed by atoms with E-state index in [-0.39, 0.29) is 0 Å². The molecule has 2 aromatic carbocycles. The van der Waals surface area contributed by atoms with Gasteiger partial charge >= 0.3 is 0 Å². The number of hydroxylamine groups is 1. The molecule has 1 fully saturated rings. The average Bonchev–Trinajstić information content (AvgIpc) is 3.02. The van der Waals surface area contributed by atoms with Crippen LogP contribution in [-0.2, 0) is 11.4 Å². The first-order valence-electron chi connectivity index (χ1n) is 7.60. The van der Waals surface area contributed by atoms with Crippen molar-refractivity contribution >= 4 is 0 Å². The summed E-state index contributed by atoms with van der Waals surface area (Å²) in [5.74, 6) is 1.70. The van der Waals surface area contributed by atoms with Gasteiger partial charge in [0.05, 0.1) is 6.10 Å². The van der Waals surface area contributed by atoms with E-state index >= 15 is 0 Å². The van der Waals surface area contributed by atoms with Crippen molar-refractivity contribution in [2.45, 2.75) is 38.3 Å². The molecular formula is C18H21NO2. The highest BCUT2D eigenvalue weighted by atomic mass is 16.7. The first-order chi connectivity index (χ1) is 10.4. The number of hydrogen-bond acceptors (Lipinski definition) is 3. The molecule has 1 aliphatic rings. The van der Waals surface area contributed by atoms with Gasteiger partial charge in [0.25, 0.3) is 0 Å². The van der Waals surface area contributed by atoms with E-state index in [1.165, 1.54) is 25.7 Å². The normalized spacial score (nSPS) is 15.2. The second-order valence-corrected chi connectivity index (χ2v) is 5.41. The van der Waals surface area contributed by atoms with Gasteiger partial charge in [-0.25, -0.2) is 0 Å². The molecule has 0 saturated heterocycles. The maximum Gasteiger partial charge on any atom is 0.127 e. The van der Waals surface area contributed by atoms with Crippen molar-refractivity contribution in [1.82, 2.24) is 5.48 Å². The molecule has 0 amide bonds. The van der Waals surface area contributed by atoms with Crippen molar-refractivity contribution in [3.05, 3.63) is 60.2 Å². The third-order valence-electron chi connectivity index (χ3n) is 3.71. The van der Waals surface area contributed by atoms with Crippen LogP contribution < -0.4 is 10.2 Å². The van der Waals surface area contributed by atoms with Crippen molar-refractivity contribution in [3.8, 4) is 11.5 Å². The Morgan fingerprint density at radius 3 is 2.48 bits per heavy atom. The Balaban J connectivity index is 1.53. The van der Waals surface area contributed by atoms with E-state index in [1.807, 2.05) is 48.5 Å². The van der Waals surface area contributed by atoms with Gasteiger partial charge in [-0.3, -0.25) is 4.84 Å². The Kier molecular flexibility index (Phi) is 4.87. The third-order valence-corrected chi connectivity index (χ3v) is 3.71. The van der Waals surface area contributed by atoms with Crippen LogP contribution in [0.2, 0.25) is 0 Å². The predicted molar refractivity (Wildman–Crippen MR) is 83.1 cm³/mol. The van der Waals surface area contributed by atoms with Crippen LogP contribution in [0.4, 0.5) is 0 Å². The summed E-state index contributed by atoms with van der Waals surface area (Å²) in [5, 5.41) is 0. The zero-order chi connectivity index (χ0) is 14.3. The number of benzene rings is 2. The first kappa shape index (κ1) is 14.1. The zero-order valence-corrected chi connectivity index (χ0v) is 12.1. The smallest absolute Gasteiger partial charge is 0.127 e. The van der Waals surface area contributed by atoms with Crippen molar-refractivity contribution < 1.29 is 9.57 Å². The molecule has 0 aromatic heterocycles. The Morgan fingerprint density at radius 1 is 0.905 bits per heavy atom. The molecule has 1 N–H and O–H groups in total. The van der Waals surface area contributed by atoms with Gasteiger partial charge in [-0.05, 0) is 42.7 Å². The van der Waals surface area contributed by atoms with E-state index in [1.54, 1.807) is 0 Å². The second-order valence-electron chi connectivity index (χ2n) is 5.41. The fraction of sp³-hybridized carbons (Fsp3) is 0.333. The molecule has 0 aliphatic heterocycles. The molecule has 0 heterocycles. The molecule has 0 unspecified atom stereocenters. The van der Waals surface area contributed by atoms with Crippen LogP contribution in [-0.4, -0.2) is 6.10 Å². The van der Waals surface area contributed by atoms with E-state index < -0.39 is 0 Å². The maximum atomic E-state index is 5.83. The molecule has 0 radical (unpaired) electrons. The zero-order valence-electron chi connectivity index (χ0n) is 12.1. The SMILES string of the molecule is c1ccc(Oc2cccc(CNOC3CCCC3)c2)cc1. The first-order valence-corrected chi connectivity index (χ1v) is 7.60. The van der Waals surface area contributed by atoms with Crippen molar-refractivity contribution in [2.75, 3.05) is 0 Å². The van der Waals surface area contributed by atoms with Gasteiger partial charge in [0.15, 0.2) is 0 Å². The fourth-order valence-corrected chi connectivity index (χ4v) is 2.59. The van der Waals surface area contributed by atoms with E-state index in [2.05, 4.69) is 11.5 Å². The average molecular weight is 283 g/mol. The lowest BCUT2D eigenvalue weighted by atomic mass is 10.2. The molecule has 110 valence electrons. The lowest BCUT2D eigenvalue weighted by molar-refractivity contribution is -0.0244. The molecule has 0 bridgehead atoms. The lowest BCUT2D eigenvalue weighted by Crippen LogP contribution is -2.21. The molecule has 3 nitrogen and oxygen atoms in total. The van der Waals surface area contributed by atoms with E-state index in [9.17, 15) is 0 Å². The highest BCUT2D eigenvalue weighted by molar-refractivity contribution is 5.33. The highest BCUT2D eigenvalue weighted by Gasteiger charge is 2.15. The Labute approximate surface area is 125 Å². The largest absolute Gasteiger partial charge is 0.457 e. The van der Waals surface area contributed by atoms with Gasteiger partial charge in [-0.2, -0.15) is 5.48 Å². The number of hydrogen-bond donors (Lipinski definition) is 1. The maximum absolute atomic E-state index is 5.83. The van der Waals surface area contributed by atoms with Crippen LogP contribution >= 0.6 is 0 Å². The lowest BCUT2D eigenvalue weighted by Gasteiger charge is -2.12. The number of rotatable bonds is 6. The number of ether oxygens (including phenoxy) is 1. The minimum Gasteiger partial charge on any atom is -0.457 e. The summed E-state index contributed by atoms with van der Waals surface area (Å²) in [4.78, 5) is 5.67. The number of para-hydroxylation sites is 1. The van der Waals surface area contributed by atoms with Crippen LogP contribution in [0, 0.1) is 0 Å². The topological polar surface area (TPSA) is 30.5 Å². The summed E-state index contributed by atoms with van der Waals surface area (Å²) >= 11 is 0. The van der Waals surface area contributed by atoms with Crippen LogP contribution in [0.15, 0.2) is 54.6 Å². The Hall–Kier alpha value is -1.84. The van der Waals surface area contributed by atoms with Crippen LogP contribution in [0.25, 0.3) is 0 Å². The van der Waals surface area contributed by atoms with Gasteiger partial charge in [-0.15, -0.1) is 0 Å². The minimum absolute atomic E-state index is 0.383. The summed E-state index contributed by atoms with van der Waals surface area (Å²) in [7, 11) is 0. The monoisotopic (exact) mass is 283 g/mol. The molecule has 2 aromatic rings. The molecule has 21 heavy (non-hydrogen) atoms. The van der Waals surface area contributed by atoms with Gasteiger partial charge in [0.2, 0.25) is 0 Å². The quantitative estimate of drug-likeness (QED) is 0.795. The van der Waals surface area contributed by atoms with Crippen molar-refractivity contribution in [2.24, 2.45) is 0 Å². The van der Waals surface area contributed by atoms with E-state index in [4.69, 9.17) is 9.57 Å². The molecule has 3 rings (SSSR count).